The highest BCUT2D eigenvalue weighted by Crippen LogP contribution is 2.30. The molecule has 0 aliphatic rings. The number of hydrogen-bond donors (Lipinski definition) is 1. The predicted octanol–water partition coefficient (Wildman–Crippen LogP) is 5.80. The van der Waals surface area contributed by atoms with Gasteiger partial charge in [-0.15, -0.1) is 0 Å². The van der Waals surface area contributed by atoms with E-state index in [-0.39, 0.29) is 17.8 Å². The molecule has 0 heterocycles. The van der Waals surface area contributed by atoms with Crippen LogP contribution in [-0.4, -0.2) is 36.7 Å². The third-order valence-corrected chi connectivity index (χ3v) is 5.45. The summed E-state index contributed by atoms with van der Waals surface area (Å²) in [4.78, 5) is 26.2. The van der Waals surface area contributed by atoms with E-state index >= 15 is 0 Å². The summed E-state index contributed by atoms with van der Waals surface area (Å²) in [6, 6.07) is 22.4. The van der Waals surface area contributed by atoms with Gasteiger partial charge in [-0.05, 0) is 59.3 Å². The molecule has 154 valence electrons. The zero-order chi connectivity index (χ0) is 21.5. The molecule has 3 aromatic rings. The Morgan fingerprint density at radius 2 is 1.67 bits per heavy atom. The minimum atomic E-state index is -0.303. The van der Waals surface area contributed by atoms with Crippen molar-refractivity contribution in [1.29, 1.82) is 0 Å². The average Bonchev–Trinajstić information content (AvgIpc) is 2.74. The van der Waals surface area contributed by atoms with Crippen LogP contribution < -0.4 is 10.1 Å². The second-order valence-electron chi connectivity index (χ2n) is 6.63. The van der Waals surface area contributed by atoms with E-state index in [9.17, 15) is 9.59 Å². The van der Waals surface area contributed by atoms with Gasteiger partial charge in [0.1, 0.15) is 5.75 Å². The topological polar surface area (TPSA) is 58.6 Å². The van der Waals surface area contributed by atoms with E-state index < -0.39 is 0 Å². The summed E-state index contributed by atoms with van der Waals surface area (Å²) in [5.41, 5.74) is 2.65. The van der Waals surface area contributed by atoms with Gasteiger partial charge in [-0.3, -0.25) is 9.59 Å². The van der Waals surface area contributed by atoms with Gasteiger partial charge in [0, 0.05) is 24.7 Å². The molecule has 0 spiro atoms. The Labute approximate surface area is 185 Å². The lowest BCUT2D eigenvalue weighted by atomic mass is 10.1. The molecule has 2 amide bonds. The normalized spacial score (nSPS) is 10.4. The van der Waals surface area contributed by atoms with Gasteiger partial charge in [-0.1, -0.05) is 48.0 Å². The highest BCUT2D eigenvalue weighted by Gasteiger charge is 2.10. The maximum atomic E-state index is 12.2. The van der Waals surface area contributed by atoms with Crippen LogP contribution in [-0.2, 0) is 4.79 Å². The van der Waals surface area contributed by atoms with Crippen LogP contribution in [0.2, 0.25) is 5.02 Å². The van der Waals surface area contributed by atoms with Crippen LogP contribution in [0.5, 0.6) is 5.75 Å². The molecule has 0 aliphatic carbocycles. The summed E-state index contributed by atoms with van der Waals surface area (Å²) in [7, 11) is 3.40. The van der Waals surface area contributed by atoms with E-state index in [0.717, 1.165) is 27.8 Å². The van der Waals surface area contributed by atoms with E-state index in [0.29, 0.717) is 16.5 Å². The van der Waals surface area contributed by atoms with Crippen molar-refractivity contribution in [3.63, 3.8) is 0 Å². The van der Waals surface area contributed by atoms with Gasteiger partial charge in [-0.25, -0.2) is 0 Å². The van der Waals surface area contributed by atoms with Crippen LogP contribution in [0.25, 0.3) is 11.1 Å². The third-order valence-electron chi connectivity index (χ3n) is 4.11. The maximum Gasteiger partial charge on any atom is 0.285 e. The average molecular weight is 441 g/mol. The molecule has 0 saturated carbocycles. The molecule has 0 aromatic heterocycles. The molecule has 30 heavy (non-hydrogen) atoms. The largest absolute Gasteiger partial charge is 0.482 e. The van der Waals surface area contributed by atoms with Crippen LogP contribution in [0.1, 0.15) is 0 Å². The number of nitrogens with one attached hydrogen (secondary N) is 1. The molecule has 3 rings (SSSR count). The Morgan fingerprint density at radius 3 is 2.30 bits per heavy atom. The molecule has 0 fully saturated rings. The zero-order valence-corrected chi connectivity index (χ0v) is 18.2. The Kier molecular flexibility index (Phi) is 7.38. The molecule has 0 atom stereocenters. The lowest BCUT2D eigenvalue weighted by molar-refractivity contribution is -0.118. The molecule has 0 bridgehead atoms. The second-order valence-corrected chi connectivity index (χ2v) is 8.07. The Hall–Kier alpha value is -2.96. The van der Waals surface area contributed by atoms with E-state index in [4.69, 9.17) is 16.3 Å². The molecule has 3 aromatic carbocycles. The van der Waals surface area contributed by atoms with E-state index in [1.165, 1.54) is 4.90 Å². The van der Waals surface area contributed by atoms with Crippen LogP contribution in [0.15, 0.2) is 77.7 Å². The van der Waals surface area contributed by atoms with Crippen molar-refractivity contribution in [1.82, 2.24) is 4.90 Å². The first-order valence-electron chi connectivity index (χ1n) is 9.19. The fraction of sp³-hybridized carbons (Fsp3) is 0.130. The molecule has 0 saturated heterocycles. The number of hydrogen-bond acceptors (Lipinski definition) is 4. The summed E-state index contributed by atoms with van der Waals surface area (Å²) in [5.74, 6) is 0.142. The van der Waals surface area contributed by atoms with Crippen molar-refractivity contribution in [3.8, 4) is 16.9 Å². The maximum absolute atomic E-state index is 12.2. The van der Waals surface area contributed by atoms with Crippen LogP contribution >= 0.6 is 23.4 Å². The molecule has 0 aliphatic heterocycles. The first kappa shape index (κ1) is 21.7. The van der Waals surface area contributed by atoms with Gasteiger partial charge < -0.3 is 15.0 Å². The summed E-state index contributed by atoms with van der Waals surface area (Å²) in [6.07, 6.45) is 0. The summed E-state index contributed by atoms with van der Waals surface area (Å²) in [5, 5.41) is 3.14. The molecule has 0 radical (unpaired) electrons. The van der Waals surface area contributed by atoms with Gasteiger partial charge in [0.2, 0.25) is 0 Å². The minimum absolute atomic E-state index is 0.0599. The number of benzene rings is 3. The Morgan fingerprint density at radius 1 is 0.967 bits per heavy atom. The number of thioether (sulfide) groups is 1. The van der Waals surface area contributed by atoms with Crippen molar-refractivity contribution in [3.05, 3.63) is 77.8 Å². The highest BCUT2D eigenvalue weighted by molar-refractivity contribution is 8.13. The SMILES string of the molecule is CN(C)C(=O)Sc1ccc(NC(=O)COc2ccc(-c3ccccc3)cc2Cl)cc1. The second kappa shape index (κ2) is 10.2. The van der Waals surface area contributed by atoms with Crippen LogP contribution in [0.3, 0.4) is 0 Å². The Balaban J connectivity index is 1.54. The summed E-state index contributed by atoms with van der Waals surface area (Å²) < 4.78 is 5.57. The molecular weight excluding hydrogens is 420 g/mol. The van der Waals surface area contributed by atoms with Crippen LogP contribution in [0, 0.1) is 0 Å². The van der Waals surface area contributed by atoms with Gasteiger partial charge in [0.15, 0.2) is 6.61 Å². The first-order valence-corrected chi connectivity index (χ1v) is 10.4. The number of ether oxygens (including phenoxy) is 1. The van der Waals surface area contributed by atoms with Crippen LogP contribution in [0.4, 0.5) is 10.5 Å². The Bertz CT molecular complexity index is 1020. The van der Waals surface area contributed by atoms with E-state index in [1.807, 2.05) is 42.5 Å². The number of rotatable bonds is 6. The lowest BCUT2D eigenvalue weighted by Gasteiger charge is -2.11. The quantitative estimate of drug-likeness (QED) is 0.492. The van der Waals surface area contributed by atoms with Gasteiger partial charge in [0.25, 0.3) is 11.1 Å². The highest BCUT2D eigenvalue weighted by atomic mass is 35.5. The van der Waals surface area contributed by atoms with E-state index in [2.05, 4.69) is 5.32 Å². The van der Waals surface area contributed by atoms with E-state index in [1.54, 1.807) is 44.4 Å². The first-order chi connectivity index (χ1) is 14.4. The summed E-state index contributed by atoms with van der Waals surface area (Å²) >= 11 is 7.44. The molecule has 1 N–H and O–H groups in total. The van der Waals surface area contributed by atoms with Gasteiger partial charge >= 0.3 is 0 Å². The zero-order valence-electron chi connectivity index (χ0n) is 16.6. The number of nitrogens with zero attached hydrogens (tertiary/aromatic N) is 1. The molecular formula is C23H21ClN2O3S. The van der Waals surface area contributed by atoms with Crippen molar-refractivity contribution in [2.45, 2.75) is 4.90 Å². The van der Waals surface area contributed by atoms with Crippen molar-refractivity contribution >= 4 is 40.2 Å². The molecule has 0 unspecified atom stereocenters. The lowest BCUT2D eigenvalue weighted by Crippen LogP contribution is -2.20. The molecule has 7 heteroatoms. The third kappa shape index (κ3) is 6.02. The monoisotopic (exact) mass is 440 g/mol. The van der Waals surface area contributed by atoms with Crippen molar-refractivity contribution < 1.29 is 14.3 Å². The number of halogens is 1. The number of carbonyl (C=O) groups excluding carboxylic acids is 2. The summed E-state index contributed by atoms with van der Waals surface area (Å²) in [6.45, 7) is -0.167. The predicted molar refractivity (Wildman–Crippen MR) is 122 cm³/mol. The standard InChI is InChI=1S/C23H21ClN2O3S/c1-26(2)23(28)30-19-11-9-18(10-12-19)25-22(27)15-29-21-13-8-17(14-20(21)24)16-6-4-3-5-7-16/h3-14H,15H2,1-2H3,(H,25,27). The molecule has 5 nitrogen and oxygen atoms in total. The number of carbonyl (C=O) groups is 2. The van der Waals surface area contributed by atoms with Crippen molar-refractivity contribution in [2.75, 3.05) is 26.0 Å². The fourth-order valence-corrected chi connectivity index (χ4v) is 3.46. The number of amides is 2. The van der Waals surface area contributed by atoms with Gasteiger partial charge in [0.05, 0.1) is 5.02 Å². The minimum Gasteiger partial charge on any atom is -0.482 e. The van der Waals surface area contributed by atoms with Crippen molar-refractivity contribution in [2.24, 2.45) is 0 Å². The smallest absolute Gasteiger partial charge is 0.285 e. The number of anilines is 1. The fourth-order valence-electron chi connectivity index (χ4n) is 2.57. The van der Waals surface area contributed by atoms with Gasteiger partial charge in [-0.2, -0.15) is 0 Å².